The summed E-state index contributed by atoms with van der Waals surface area (Å²) in [5, 5.41) is 6.04. The molecule has 0 bridgehead atoms. The van der Waals surface area contributed by atoms with E-state index >= 15 is 0 Å². The van der Waals surface area contributed by atoms with Crippen molar-refractivity contribution in [2.45, 2.75) is 30.7 Å². The third-order valence-corrected chi connectivity index (χ3v) is 6.84. The summed E-state index contributed by atoms with van der Waals surface area (Å²) < 4.78 is 27.1. The van der Waals surface area contributed by atoms with Gasteiger partial charge in [0.1, 0.15) is 0 Å². The van der Waals surface area contributed by atoms with Crippen molar-refractivity contribution >= 4 is 39.1 Å². The zero-order valence-electron chi connectivity index (χ0n) is 15.9. The quantitative estimate of drug-likeness (QED) is 0.754. The molecule has 1 heterocycles. The highest BCUT2D eigenvalue weighted by Gasteiger charge is 2.30. The van der Waals surface area contributed by atoms with Crippen LogP contribution in [-0.4, -0.2) is 43.7 Å². The highest BCUT2D eigenvalue weighted by atomic mass is 35.5. The van der Waals surface area contributed by atoms with E-state index in [1.54, 1.807) is 36.4 Å². The van der Waals surface area contributed by atoms with E-state index in [2.05, 4.69) is 10.6 Å². The Balaban J connectivity index is 1.59. The lowest BCUT2D eigenvalue weighted by molar-refractivity contribution is -0.114. The Morgan fingerprint density at radius 1 is 1.07 bits per heavy atom. The summed E-state index contributed by atoms with van der Waals surface area (Å²) in [6.07, 6.45) is 1.05. The molecule has 3 rings (SSSR count). The second kappa shape index (κ2) is 8.94. The number of hydrogen-bond donors (Lipinski definition) is 2. The Morgan fingerprint density at radius 3 is 2.31 bits per heavy atom. The third-order valence-electron chi connectivity index (χ3n) is 4.69. The van der Waals surface area contributed by atoms with Gasteiger partial charge in [0.25, 0.3) is 5.91 Å². The summed E-state index contributed by atoms with van der Waals surface area (Å²) in [6, 6.07) is 12.7. The normalized spacial score (nSPS) is 15.7. The number of amides is 2. The molecular formula is C20H22ClN3O4S. The number of halogens is 1. The van der Waals surface area contributed by atoms with Crippen LogP contribution < -0.4 is 10.6 Å². The molecule has 1 aliphatic rings. The van der Waals surface area contributed by atoms with E-state index in [1.807, 2.05) is 0 Å². The number of nitrogens with zero attached hydrogens (tertiary/aromatic N) is 1. The van der Waals surface area contributed by atoms with E-state index in [0.29, 0.717) is 42.2 Å². The molecule has 2 N–H and O–H groups in total. The molecule has 29 heavy (non-hydrogen) atoms. The minimum atomic E-state index is -3.63. The van der Waals surface area contributed by atoms with Crippen LogP contribution in [0.3, 0.4) is 0 Å². The Bertz CT molecular complexity index is 1000. The molecule has 0 aliphatic carbocycles. The number of hydrogen-bond acceptors (Lipinski definition) is 4. The van der Waals surface area contributed by atoms with Crippen LogP contribution in [0.25, 0.3) is 0 Å². The minimum Gasteiger partial charge on any atom is -0.349 e. The van der Waals surface area contributed by atoms with Gasteiger partial charge in [0.15, 0.2) is 0 Å². The lowest BCUT2D eigenvalue weighted by Crippen LogP contribution is -2.46. The van der Waals surface area contributed by atoms with Crippen LogP contribution in [0.2, 0.25) is 5.02 Å². The second-order valence-corrected chi connectivity index (χ2v) is 9.24. The van der Waals surface area contributed by atoms with Gasteiger partial charge in [-0.3, -0.25) is 9.59 Å². The number of nitrogens with one attached hydrogen (secondary N) is 2. The molecule has 0 atom stereocenters. The molecule has 1 aliphatic heterocycles. The van der Waals surface area contributed by atoms with Crippen molar-refractivity contribution < 1.29 is 18.0 Å². The van der Waals surface area contributed by atoms with E-state index in [-0.39, 0.29) is 22.8 Å². The highest BCUT2D eigenvalue weighted by Crippen LogP contribution is 2.22. The van der Waals surface area contributed by atoms with Crippen molar-refractivity contribution in [3.8, 4) is 0 Å². The fourth-order valence-electron chi connectivity index (χ4n) is 3.20. The molecule has 1 saturated heterocycles. The van der Waals surface area contributed by atoms with E-state index in [4.69, 9.17) is 11.6 Å². The fourth-order valence-corrected chi connectivity index (χ4v) is 4.86. The number of sulfonamides is 1. The van der Waals surface area contributed by atoms with Gasteiger partial charge in [-0.15, -0.1) is 0 Å². The van der Waals surface area contributed by atoms with E-state index in [0.717, 1.165) is 0 Å². The van der Waals surface area contributed by atoms with Gasteiger partial charge in [0.2, 0.25) is 15.9 Å². The predicted molar refractivity (Wildman–Crippen MR) is 111 cm³/mol. The van der Waals surface area contributed by atoms with E-state index in [9.17, 15) is 18.0 Å². The first kappa shape index (κ1) is 21.3. The van der Waals surface area contributed by atoms with Gasteiger partial charge in [-0.2, -0.15) is 4.31 Å². The van der Waals surface area contributed by atoms with Crippen LogP contribution in [0.5, 0.6) is 0 Å². The number of carbonyl (C=O) groups excluding carboxylic acids is 2. The zero-order valence-corrected chi connectivity index (χ0v) is 17.5. The maximum Gasteiger partial charge on any atom is 0.251 e. The van der Waals surface area contributed by atoms with Gasteiger partial charge in [-0.05, 0) is 55.3 Å². The lowest BCUT2D eigenvalue weighted by Gasteiger charge is -2.31. The maximum atomic E-state index is 12.8. The second-order valence-electron chi connectivity index (χ2n) is 6.87. The molecule has 0 unspecified atom stereocenters. The summed E-state index contributed by atoms with van der Waals surface area (Å²) in [4.78, 5) is 23.6. The first-order chi connectivity index (χ1) is 13.8. The SMILES string of the molecule is CC(=O)Nc1ccc(S(=O)(=O)N2CCC(NC(=O)c3cccc(Cl)c3)CC2)cc1. The first-order valence-electron chi connectivity index (χ1n) is 9.20. The zero-order chi connectivity index (χ0) is 21.0. The summed E-state index contributed by atoms with van der Waals surface area (Å²) >= 11 is 5.92. The van der Waals surface area contributed by atoms with Crippen molar-refractivity contribution in [1.29, 1.82) is 0 Å². The van der Waals surface area contributed by atoms with Crippen LogP contribution in [0.1, 0.15) is 30.1 Å². The van der Waals surface area contributed by atoms with Crippen LogP contribution in [0.15, 0.2) is 53.4 Å². The molecule has 2 amide bonds. The van der Waals surface area contributed by atoms with Gasteiger partial charge < -0.3 is 10.6 Å². The van der Waals surface area contributed by atoms with Crippen LogP contribution in [0.4, 0.5) is 5.69 Å². The molecule has 2 aromatic carbocycles. The number of piperidine rings is 1. The van der Waals surface area contributed by atoms with Crippen molar-refractivity contribution in [3.05, 3.63) is 59.1 Å². The number of carbonyl (C=O) groups is 2. The van der Waals surface area contributed by atoms with Crippen LogP contribution >= 0.6 is 11.6 Å². The molecule has 154 valence electrons. The Morgan fingerprint density at radius 2 is 1.72 bits per heavy atom. The summed E-state index contributed by atoms with van der Waals surface area (Å²) in [5.41, 5.74) is 1.02. The molecule has 9 heteroatoms. The molecule has 0 radical (unpaired) electrons. The molecule has 7 nitrogen and oxygen atoms in total. The number of benzene rings is 2. The molecule has 0 aromatic heterocycles. The largest absolute Gasteiger partial charge is 0.349 e. The van der Waals surface area contributed by atoms with Crippen LogP contribution in [-0.2, 0) is 14.8 Å². The fraction of sp³-hybridized carbons (Fsp3) is 0.300. The Kier molecular flexibility index (Phi) is 6.56. The highest BCUT2D eigenvalue weighted by molar-refractivity contribution is 7.89. The lowest BCUT2D eigenvalue weighted by atomic mass is 10.1. The number of rotatable bonds is 5. The standard InChI is InChI=1S/C20H22ClN3O4S/c1-14(25)22-17-5-7-19(8-6-17)29(27,28)24-11-9-18(10-12-24)23-20(26)15-3-2-4-16(21)13-15/h2-8,13,18H,9-12H2,1H3,(H,22,25)(H,23,26). The van der Waals surface area contributed by atoms with Crippen molar-refractivity contribution in [1.82, 2.24) is 9.62 Å². The summed E-state index contributed by atoms with van der Waals surface area (Å²) in [5.74, 6) is -0.440. The summed E-state index contributed by atoms with van der Waals surface area (Å²) in [7, 11) is -3.63. The van der Waals surface area contributed by atoms with Crippen LogP contribution in [0, 0.1) is 0 Å². The Labute approximate surface area is 175 Å². The average molecular weight is 436 g/mol. The van der Waals surface area contributed by atoms with Crippen molar-refractivity contribution in [2.75, 3.05) is 18.4 Å². The van der Waals surface area contributed by atoms with Gasteiger partial charge in [0.05, 0.1) is 4.90 Å². The molecule has 2 aromatic rings. The molecule has 1 fully saturated rings. The average Bonchev–Trinajstić information content (AvgIpc) is 2.68. The topological polar surface area (TPSA) is 95.6 Å². The first-order valence-corrected chi connectivity index (χ1v) is 11.0. The molecular weight excluding hydrogens is 414 g/mol. The Hall–Kier alpha value is -2.42. The monoisotopic (exact) mass is 435 g/mol. The van der Waals surface area contributed by atoms with Gasteiger partial charge in [-0.1, -0.05) is 17.7 Å². The maximum absolute atomic E-state index is 12.8. The van der Waals surface area contributed by atoms with Gasteiger partial charge in [-0.25, -0.2) is 8.42 Å². The van der Waals surface area contributed by atoms with Gasteiger partial charge in [0, 0.05) is 42.3 Å². The molecule has 0 spiro atoms. The van der Waals surface area contributed by atoms with E-state index in [1.165, 1.54) is 23.4 Å². The third kappa shape index (κ3) is 5.35. The van der Waals surface area contributed by atoms with Crippen molar-refractivity contribution in [2.24, 2.45) is 0 Å². The molecule has 0 saturated carbocycles. The van der Waals surface area contributed by atoms with Crippen molar-refractivity contribution in [3.63, 3.8) is 0 Å². The van der Waals surface area contributed by atoms with E-state index < -0.39 is 10.0 Å². The predicted octanol–water partition coefficient (Wildman–Crippen LogP) is 2.88. The smallest absolute Gasteiger partial charge is 0.251 e. The van der Waals surface area contributed by atoms with Gasteiger partial charge >= 0.3 is 0 Å². The number of anilines is 1. The minimum absolute atomic E-state index is 0.102. The summed E-state index contributed by atoms with van der Waals surface area (Å²) in [6.45, 7) is 2.02.